The maximum Gasteiger partial charge on any atom is 0.180 e. The number of hydrogen-bond donors (Lipinski definition) is 1. The van der Waals surface area contributed by atoms with Gasteiger partial charge in [-0.15, -0.1) is 11.3 Å². The topological polar surface area (TPSA) is 42.2 Å². The van der Waals surface area contributed by atoms with Crippen LogP contribution in [-0.2, 0) is 6.54 Å². The van der Waals surface area contributed by atoms with Crippen molar-refractivity contribution in [2.45, 2.75) is 32.9 Å². The van der Waals surface area contributed by atoms with Gasteiger partial charge in [0.05, 0.1) is 0 Å². The molecule has 0 aromatic carbocycles. The second kappa shape index (κ2) is 3.87. The van der Waals surface area contributed by atoms with Crippen LogP contribution in [0.4, 0.5) is 5.13 Å². The molecule has 2 N–H and O–H groups in total. The van der Waals surface area contributed by atoms with Crippen molar-refractivity contribution < 1.29 is 0 Å². The van der Waals surface area contributed by atoms with Gasteiger partial charge in [0.15, 0.2) is 5.13 Å². The van der Waals surface area contributed by atoms with E-state index >= 15 is 0 Å². The molecule has 0 amide bonds. The molecular formula is C10H17N3S. The molecule has 4 heteroatoms. The summed E-state index contributed by atoms with van der Waals surface area (Å²) in [5.74, 6) is 0.829. The van der Waals surface area contributed by atoms with E-state index in [1.807, 2.05) is 6.20 Å². The summed E-state index contributed by atoms with van der Waals surface area (Å²) >= 11 is 1.60. The number of likely N-dealkylation sites (tertiary alicyclic amines) is 1. The predicted octanol–water partition coefficient (Wildman–Crippen LogP) is 1.96. The number of nitrogen functional groups attached to an aromatic ring is 1. The van der Waals surface area contributed by atoms with Crippen LogP contribution in [0.3, 0.4) is 0 Å². The molecule has 1 fully saturated rings. The van der Waals surface area contributed by atoms with Crippen molar-refractivity contribution in [2.24, 2.45) is 5.92 Å². The molecule has 1 aromatic rings. The molecule has 2 rings (SSSR count). The summed E-state index contributed by atoms with van der Waals surface area (Å²) in [6.45, 7) is 6.84. The summed E-state index contributed by atoms with van der Waals surface area (Å²) in [6, 6.07) is 0.702. The molecule has 1 saturated heterocycles. The minimum Gasteiger partial charge on any atom is -0.375 e. The molecule has 2 heterocycles. The zero-order valence-corrected chi connectivity index (χ0v) is 9.55. The summed E-state index contributed by atoms with van der Waals surface area (Å²) in [5.41, 5.74) is 5.60. The Hall–Kier alpha value is -0.610. The first-order valence-electron chi connectivity index (χ1n) is 5.09. The van der Waals surface area contributed by atoms with E-state index in [9.17, 15) is 0 Å². The molecule has 2 atom stereocenters. The molecule has 0 bridgehead atoms. The smallest absolute Gasteiger partial charge is 0.180 e. The van der Waals surface area contributed by atoms with Crippen LogP contribution in [0.5, 0.6) is 0 Å². The van der Waals surface area contributed by atoms with Crippen LogP contribution in [-0.4, -0.2) is 22.5 Å². The maximum atomic E-state index is 5.60. The summed E-state index contributed by atoms with van der Waals surface area (Å²) in [4.78, 5) is 7.86. The lowest BCUT2D eigenvalue weighted by Gasteiger charge is -2.19. The average Bonchev–Trinajstić information content (AvgIpc) is 2.61. The van der Waals surface area contributed by atoms with Crippen molar-refractivity contribution in [3.63, 3.8) is 0 Å². The molecule has 1 aliphatic heterocycles. The average molecular weight is 211 g/mol. The van der Waals surface area contributed by atoms with Gasteiger partial charge in [-0.25, -0.2) is 4.98 Å². The Kier molecular flexibility index (Phi) is 2.74. The Labute approximate surface area is 88.9 Å². The van der Waals surface area contributed by atoms with Crippen LogP contribution in [0.25, 0.3) is 0 Å². The first-order valence-corrected chi connectivity index (χ1v) is 5.91. The number of rotatable bonds is 2. The van der Waals surface area contributed by atoms with Gasteiger partial charge in [-0.2, -0.15) is 0 Å². The van der Waals surface area contributed by atoms with Crippen molar-refractivity contribution >= 4 is 16.5 Å². The van der Waals surface area contributed by atoms with Crippen LogP contribution in [0, 0.1) is 5.92 Å². The van der Waals surface area contributed by atoms with E-state index < -0.39 is 0 Å². The van der Waals surface area contributed by atoms with Crippen molar-refractivity contribution in [2.75, 3.05) is 12.3 Å². The van der Waals surface area contributed by atoms with Crippen molar-refractivity contribution in [1.29, 1.82) is 0 Å². The molecule has 0 saturated carbocycles. The SMILES string of the molecule is CC1CC(C)N(Cc2cnc(N)s2)C1. The molecule has 0 spiro atoms. The number of thiazole rings is 1. The largest absolute Gasteiger partial charge is 0.375 e. The Bertz CT molecular complexity index is 310. The molecule has 0 aliphatic carbocycles. The molecule has 14 heavy (non-hydrogen) atoms. The fourth-order valence-corrected chi connectivity index (χ4v) is 2.91. The van der Waals surface area contributed by atoms with Crippen molar-refractivity contribution in [1.82, 2.24) is 9.88 Å². The second-order valence-electron chi connectivity index (χ2n) is 4.28. The first-order chi connectivity index (χ1) is 6.65. The molecule has 3 nitrogen and oxygen atoms in total. The Morgan fingerprint density at radius 3 is 2.93 bits per heavy atom. The van der Waals surface area contributed by atoms with Gasteiger partial charge < -0.3 is 5.73 Å². The lowest BCUT2D eigenvalue weighted by molar-refractivity contribution is 0.259. The van der Waals surface area contributed by atoms with Crippen LogP contribution in [0.2, 0.25) is 0 Å². The molecular weight excluding hydrogens is 194 g/mol. The Morgan fingerprint density at radius 2 is 2.43 bits per heavy atom. The molecule has 1 aromatic heterocycles. The second-order valence-corrected chi connectivity index (χ2v) is 5.43. The van der Waals surface area contributed by atoms with E-state index in [0.29, 0.717) is 11.2 Å². The minimum absolute atomic E-state index is 0.680. The van der Waals surface area contributed by atoms with E-state index in [0.717, 1.165) is 12.5 Å². The normalized spacial score (nSPS) is 28.4. The van der Waals surface area contributed by atoms with Gasteiger partial charge in [0.1, 0.15) is 0 Å². The number of nitrogens with two attached hydrogens (primary N) is 1. The fraction of sp³-hybridized carbons (Fsp3) is 0.700. The van der Waals surface area contributed by atoms with Gasteiger partial charge in [0.2, 0.25) is 0 Å². The highest BCUT2D eigenvalue weighted by Crippen LogP contribution is 2.26. The molecule has 78 valence electrons. The summed E-state index contributed by atoms with van der Waals surface area (Å²) in [7, 11) is 0. The Morgan fingerprint density at radius 1 is 1.64 bits per heavy atom. The van der Waals surface area contributed by atoms with E-state index in [4.69, 9.17) is 5.73 Å². The van der Waals surface area contributed by atoms with Gasteiger partial charge in [-0.1, -0.05) is 6.92 Å². The quantitative estimate of drug-likeness (QED) is 0.813. The third-order valence-electron chi connectivity index (χ3n) is 2.84. The van der Waals surface area contributed by atoms with Crippen LogP contribution in [0.15, 0.2) is 6.20 Å². The van der Waals surface area contributed by atoms with Crippen molar-refractivity contribution in [3.8, 4) is 0 Å². The molecule has 0 radical (unpaired) electrons. The summed E-state index contributed by atoms with van der Waals surface area (Å²) in [5, 5.41) is 0.680. The summed E-state index contributed by atoms with van der Waals surface area (Å²) < 4.78 is 0. The lowest BCUT2D eigenvalue weighted by Crippen LogP contribution is -2.26. The Balaban J connectivity index is 1.98. The van der Waals surface area contributed by atoms with Crippen molar-refractivity contribution in [3.05, 3.63) is 11.1 Å². The van der Waals surface area contributed by atoms with E-state index in [1.54, 1.807) is 11.3 Å². The van der Waals surface area contributed by atoms with Gasteiger partial charge in [0.25, 0.3) is 0 Å². The highest BCUT2D eigenvalue weighted by molar-refractivity contribution is 7.15. The predicted molar refractivity (Wildman–Crippen MR) is 60.2 cm³/mol. The zero-order chi connectivity index (χ0) is 10.1. The maximum absolute atomic E-state index is 5.60. The minimum atomic E-state index is 0.680. The number of aromatic nitrogens is 1. The van der Waals surface area contributed by atoms with E-state index in [1.165, 1.54) is 17.8 Å². The van der Waals surface area contributed by atoms with Crippen LogP contribution >= 0.6 is 11.3 Å². The molecule has 2 unspecified atom stereocenters. The van der Waals surface area contributed by atoms with Gasteiger partial charge in [-0.3, -0.25) is 4.90 Å². The fourth-order valence-electron chi connectivity index (χ4n) is 2.20. The van der Waals surface area contributed by atoms with Gasteiger partial charge >= 0.3 is 0 Å². The van der Waals surface area contributed by atoms with Gasteiger partial charge in [0, 0.05) is 30.2 Å². The lowest BCUT2D eigenvalue weighted by atomic mass is 10.1. The zero-order valence-electron chi connectivity index (χ0n) is 8.73. The number of anilines is 1. The van der Waals surface area contributed by atoms with E-state index in [2.05, 4.69) is 23.7 Å². The van der Waals surface area contributed by atoms with Crippen LogP contribution in [0.1, 0.15) is 25.1 Å². The van der Waals surface area contributed by atoms with Crippen LogP contribution < -0.4 is 5.73 Å². The first kappa shape index (κ1) is 9.93. The highest BCUT2D eigenvalue weighted by atomic mass is 32.1. The highest BCUT2D eigenvalue weighted by Gasteiger charge is 2.26. The standard InChI is InChI=1S/C10H17N3S/c1-7-3-8(2)13(5-7)6-9-4-12-10(11)14-9/h4,7-8H,3,5-6H2,1-2H3,(H2,11,12). The third-order valence-corrected chi connectivity index (χ3v) is 3.65. The molecule has 1 aliphatic rings. The van der Waals surface area contributed by atoms with E-state index in [-0.39, 0.29) is 0 Å². The monoisotopic (exact) mass is 211 g/mol. The third kappa shape index (κ3) is 2.07. The van der Waals surface area contributed by atoms with Gasteiger partial charge in [-0.05, 0) is 19.3 Å². The number of hydrogen-bond acceptors (Lipinski definition) is 4. The number of nitrogens with zero attached hydrogens (tertiary/aromatic N) is 2. The summed E-state index contributed by atoms with van der Waals surface area (Å²) in [6.07, 6.45) is 3.21.